The standard InChI is InChI=1S/C17H20N2O4S/c1-12-5-7-15(14(3)9-12)11-18(4)24(22,23)17-10-16(19(20)21)8-6-13(17)2/h5-10H,11H2,1-4H3. The maximum Gasteiger partial charge on any atom is 0.270 e. The van der Waals surface area contributed by atoms with Gasteiger partial charge in [0, 0.05) is 25.7 Å². The average molecular weight is 348 g/mol. The van der Waals surface area contributed by atoms with Gasteiger partial charge >= 0.3 is 0 Å². The maximum atomic E-state index is 12.8. The zero-order chi connectivity index (χ0) is 18.1. The van der Waals surface area contributed by atoms with Crippen molar-refractivity contribution in [3.8, 4) is 0 Å². The summed E-state index contributed by atoms with van der Waals surface area (Å²) in [4.78, 5) is 10.3. The van der Waals surface area contributed by atoms with E-state index in [2.05, 4.69) is 0 Å². The SMILES string of the molecule is Cc1ccc(CN(C)S(=O)(=O)c2cc([N+](=O)[O-])ccc2C)c(C)c1. The number of rotatable bonds is 5. The second-order valence-electron chi connectivity index (χ2n) is 5.90. The minimum absolute atomic E-state index is 0.0380. The summed E-state index contributed by atoms with van der Waals surface area (Å²) in [6.45, 7) is 5.74. The molecule has 2 aromatic carbocycles. The van der Waals surface area contributed by atoms with E-state index in [1.807, 2.05) is 32.0 Å². The van der Waals surface area contributed by atoms with E-state index in [0.717, 1.165) is 22.8 Å². The fourth-order valence-electron chi connectivity index (χ4n) is 2.50. The van der Waals surface area contributed by atoms with Crippen LogP contribution in [0.4, 0.5) is 5.69 Å². The van der Waals surface area contributed by atoms with Crippen molar-refractivity contribution < 1.29 is 13.3 Å². The van der Waals surface area contributed by atoms with Crippen LogP contribution in [0.3, 0.4) is 0 Å². The lowest BCUT2D eigenvalue weighted by Crippen LogP contribution is -2.27. The molecule has 0 aliphatic heterocycles. The van der Waals surface area contributed by atoms with E-state index in [-0.39, 0.29) is 17.1 Å². The summed E-state index contributed by atoms with van der Waals surface area (Å²) in [6, 6.07) is 9.70. The van der Waals surface area contributed by atoms with Crippen molar-refractivity contribution >= 4 is 15.7 Å². The highest BCUT2D eigenvalue weighted by Crippen LogP contribution is 2.25. The molecule has 0 N–H and O–H groups in total. The van der Waals surface area contributed by atoms with E-state index in [9.17, 15) is 18.5 Å². The smallest absolute Gasteiger partial charge is 0.258 e. The zero-order valence-electron chi connectivity index (χ0n) is 14.1. The summed E-state index contributed by atoms with van der Waals surface area (Å²) in [6.07, 6.45) is 0. The van der Waals surface area contributed by atoms with Crippen LogP contribution in [0.25, 0.3) is 0 Å². The first kappa shape index (κ1) is 18.1. The van der Waals surface area contributed by atoms with Gasteiger partial charge in [-0.05, 0) is 37.5 Å². The number of nitro groups is 1. The summed E-state index contributed by atoms with van der Waals surface area (Å²) < 4.78 is 26.8. The van der Waals surface area contributed by atoms with Crippen LogP contribution in [0.5, 0.6) is 0 Å². The topological polar surface area (TPSA) is 80.5 Å². The molecule has 6 nitrogen and oxygen atoms in total. The van der Waals surface area contributed by atoms with Gasteiger partial charge in [-0.2, -0.15) is 4.31 Å². The van der Waals surface area contributed by atoms with Gasteiger partial charge < -0.3 is 0 Å². The number of non-ortho nitro benzene ring substituents is 1. The number of benzene rings is 2. The lowest BCUT2D eigenvalue weighted by Gasteiger charge is -2.19. The maximum absolute atomic E-state index is 12.8. The second kappa shape index (κ2) is 6.70. The molecule has 0 heterocycles. The molecule has 24 heavy (non-hydrogen) atoms. The molecule has 7 heteroatoms. The Morgan fingerprint density at radius 3 is 2.29 bits per heavy atom. The number of sulfonamides is 1. The molecular weight excluding hydrogens is 328 g/mol. The molecule has 0 radical (unpaired) electrons. The average Bonchev–Trinajstić information content (AvgIpc) is 2.49. The van der Waals surface area contributed by atoms with E-state index in [0.29, 0.717) is 5.56 Å². The normalized spacial score (nSPS) is 11.7. The van der Waals surface area contributed by atoms with Gasteiger partial charge in [0.1, 0.15) is 0 Å². The lowest BCUT2D eigenvalue weighted by molar-refractivity contribution is -0.385. The van der Waals surface area contributed by atoms with Gasteiger partial charge in [0.2, 0.25) is 10.0 Å². The molecule has 0 atom stereocenters. The fraction of sp³-hybridized carbons (Fsp3) is 0.294. The highest BCUT2D eigenvalue weighted by molar-refractivity contribution is 7.89. The van der Waals surface area contributed by atoms with Gasteiger partial charge in [0.05, 0.1) is 9.82 Å². The van der Waals surface area contributed by atoms with Crippen LogP contribution in [0.2, 0.25) is 0 Å². The Balaban J connectivity index is 2.39. The van der Waals surface area contributed by atoms with Gasteiger partial charge in [-0.15, -0.1) is 0 Å². The van der Waals surface area contributed by atoms with Crippen molar-refractivity contribution in [2.45, 2.75) is 32.2 Å². The Morgan fingerprint density at radius 2 is 1.71 bits per heavy atom. The van der Waals surface area contributed by atoms with Gasteiger partial charge in [-0.1, -0.05) is 29.8 Å². The van der Waals surface area contributed by atoms with E-state index in [1.54, 1.807) is 6.92 Å². The first-order valence-electron chi connectivity index (χ1n) is 7.40. The van der Waals surface area contributed by atoms with E-state index >= 15 is 0 Å². The highest BCUT2D eigenvalue weighted by atomic mass is 32.2. The molecule has 0 amide bonds. The molecule has 0 fully saturated rings. The van der Waals surface area contributed by atoms with Crippen molar-refractivity contribution in [2.75, 3.05) is 7.05 Å². The summed E-state index contributed by atoms with van der Waals surface area (Å²) >= 11 is 0. The summed E-state index contributed by atoms with van der Waals surface area (Å²) in [5.41, 5.74) is 3.26. The van der Waals surface area contributed by atoms with Crippen molar-refractivity contribution in [2.24, 2.45) is 0 Å². The molecule has 0 aliphatic carbocycles. The number of hydrogen-bond donors (Lipinski definition) is 0. The Labute approximate surface area is 141 Å². The zero-order valence-corrected chi connectivity index (χ0v) is 14.9. The van der Waals surface area contributed by atoms with Crippen LogP contribution in [0.1, 0.15) is 22.3 Å². The van der Waals surface area contributed by atoms with Gasteiger partial charge in [-0.25, -0.2) is 8.42 Å². The highest BCUT2D eigenvalue weighted by Gasteiger charge is 2.25. The number of hydrogen-bond acceptors (Lipinski definition) is 4. The van der Waals surface area contributed by atoms with Crippen molar-refractivity contribution in [1.82, 2.24) is 4.31 Å². The molecule has 0 saturated heterocycles. The van der Waals surface area contributed by atoms with Gasteiger partial charge in [0.25, 0.3) is 5.69 Å². The molecule has 2 rings (SSSR count). The Hall–Kier alpha value is -2.25. The quantitative estimate of drug-likeness (QED) is 0.613. The number of nitrogens with zero attached hydrogens (tertiary/aromatic N) is 2. The first-order chi connectivity index (χ1) is 11.1. The summed E-state index contributed by atoms with van der Waals surface area (Å²) in [5, 5.41) is 10.9. The monoisotopic (exact) mass is 348 g/mol. The minimum atomic E-state index is -3.82. The van der Waals surface area contributed by atoms with Crippen LogP contribution in [0, 0.1) is 30.9 Å². The van der Waals surface area contributed by atoms with Crippen LogP contribution in [-0.2, 0) is 16.6 Å². The van der Waals surface area contributed by atoms with Crippen molar-refractivity contribution in [1.29, 1.82) is 0 Å². The van der Waals surface area contributed by atoms with Gasteiger partial charge in [0.15, 0.2) is 0 Å². The van der Waals surface area contributed by atoms with Gasteiger partial charge in [-0.3, -0.25) is 10.1 Å². The minimum Gasteiger partial charge on any atom is -0.258 e. The first-order valence-corrected chi connectivity index (χ1v) is 8.84. The molecule has 0 bridgehead atoms. The predicted molar refractivity (Wildman–Crippen MR) is 92.4 cm³/mol. The van der Waals surface area contributed by atoms with Crippen molar-refractivity contribution in [3.63, 3.8) is 0 Å². The Kier molecular flexibility index (Phi) is 5.05. The molecule has 0 unspecified atom stereocenters. The molecule has 2 aromatic rings. The van der Waals surface area contributed by atoms with E-state index < -0.39 is 14.9 Å². The van der Waals surface area contributed by atoms with Crippen LogP contribution >= 0.6 is 0 Å². The van der Waals surface area contributed by atoms with E-state index in [1.165, 1.54) is 23.5 Å². The number of nitro benzene ring substituents is 1. The second-order valence-corrected chi connectivity index (χ2v) is 7.91. The molecule has 128 valence electrons. The Bertz CT molecular complexity index is 891. The number of aryl methyl sites for hydroxylation is 3. The Morgan fingerprint density at radius 1 is 1.04 bits per heavy atom. The molecule has 0 saturated carbocycles. The fourth-order valence-corrected chi connectivity index (χ4v) is 3.89. The van der Waals surface area contributed by atoms with E-state index in [4.69, 9.17) is 0 Å². The summed E-state index contributed by atoms with van der Waals surface area (Å²) in [5.74, 6) is 0. The third-order valence-electron chi connectivity index (χ3n) is 3.96. The van der Waals surface area contributed by atoms with Crippen molar-refractivity contribution in [3.05, 3.63) is 68.8 Å². The van der Waals surface area contributed by atoms with Crippen LogP contribution < -0.4 is 0 Å². The molecule has 0 aliphatic rings. The molecule has 0 aromatic heterocycles. The molecule has 0 spiro atoms. The summed E-state index contributed by atoms with van der Waals surface area (Å²) in [7, 11) is -2.34. The van der Waals surface area contributed by atoms with Crippen LogP contribution in [-0.4, -0.2) is 24.7 Å². The lowest BCUT2D eigenvalue weighted by atomic mass is 10.1. The molecular formula is C17H20N2O4S. The third-order valence-corrected chi connectivity index (χ3v) is 5.91. The van der Waals surface area contributed by atoms with Crippen LogP contribution in [0.15, 0.2) is 41.3 Å². The third kappa shape index (κ3) is 3.63. The predicted octanol–water partition coefficient (Wildman–Crippen LogP) is 3.34. The largest absolute Gasteiger partial charge is 0.270 e.